The van der Waals surface area contributed by atoms with Gasteiger partial charge >= 0.3 is 5.97 Å². The molecule has 0 aromatic carbocycles. The van der Waals surface area contributed by atoms with Crippen LogP contribution in [0, 0.1) is 29.6 Å². The van der Waals surface area contributed by atoms with E-state index in [4.69, 9.17) is 0 Å². The van der Waals surface area contributed by atoms with Crippen molar-refractivity contribution in [1.82, 2.24) is 4.90 Å². The number of aliphatic carboxylic acids is 1. The van der Waals surface area contributed by atoms with E-state index in [0.29, 0.717) is 12.3 Å². The molecule has 2 aliphatic carbocycles. The number of carbonyl (C=O) groups is 2. The van der Waals surface area contributed by atoms with E-state index in [-0.39, 0.29) is 17.9 Å². The van der Waals surface area contributed by atoms with E-state index in [1.54, 1.807) is 0 Å². The zero-order valence-corrected chi connectivity index (χ0v) is 12.4. The molecular formula is C16H25NO3. The Morgan fingerprint density at radius 2 is 1.80 bits per heavy atom. The number of carbonyl (C=O) groups excluding carboxylic acids is 1. The van der Waals surface area contributed by atoms with E-state index in [9.17, 15) is 14.7 Å². The van der Waals surface area contributed by atoms with Gasteiger partial charge in [-0.05, 0) is 56.3 Å². The average molecular weight is 279 g/mol. The molecule has 1 heterocycles. The molecule has 3 aliphatic rings. The van der Waals surface area contributed by atoms with Gasteiger partial charge in [0.15, 0.2) is 0 Å². The van der Waals surface area contributed by atoms with Crippen LogP contribution in [0.25, 0.3) is 0 Å². The van der Waals surface area contributed by atoms with E-state index >= 15 is 0 Å². The Morgan fingerprint density at radius 3 is 2.25 bits per heavy atom. The van der Waals surface area contributed by atoms with Crippen LogP contribution in [0.4, 0.5) is 0 Å². The number of piperidine rings is 1. The Labute approximate surface area is 120 Å². The molecule has 0 radical (unpaired) electrons. The second-order valence-corrected chi connectivity index (χ2v) is 7.17. The van der Waals surface area contributed by atoms with Crippen molar-refractivity contribution in [3.05, 3.63) is 0 Å². The van der Waals surface area contributed by atoms with Gasteiger partial charge in [0.25, 0.3) is 0 Å². The quantitative estimate of drug-likeness (QED) is 0.840. The second kappa shape index (κ2) is 5.05. The van der Waals surface area contributed by atoms with Crippen LogP contribution in [0.15, 0.2) is 0 Å². The predicted octanol–water partition coefficient (Wildman–Crippen LogP) is 2.38. The third-order valence-corrected chi connectivity index (χ3v) is 5.59. The number of hydrogen-bond acceptors (Lipinski definition) is 2. The first-order valence-corrected chi connectivity index (χ1v) is 8.01. The van der Waals surface area contributed by atoms with Gasteiger partial charge in [0.05, 0.1) is 5.92 Å². The summed E-state index contributed by atoms with van der Waals surface area (Å²) in [6.07, 6.45) is 5.60. The summed E-state index contributed by atoms with van der Waals surface area (Å²) in [6.45, 7) is 4.61. The summed E-state index contributed by atoms with van der Waals surface area (Å²) in [5.74, 6) is 1.17. The topological polar surface area (TPSA) is 57.6 Å². The van der Waals surface area contributed by atoms with Gasteiger partial charge in [-0.2, -0.15) is 0 Å². The molecule has 1 saturated heterocycles. The Morgan fingerprint density at radius 1 is 1.25 bits per heavy atom. The van der Waals surface area contributed by atoms with E-state index < -0.39 is 11.9 Å². The number of carboxylic acid groups (broad SMARTS) is 1. The summed E-state index contributed by atoms with van der Waals surface area (Å²) in [5.41, 5.74) is 0. The molecule has 1 aliphatic heterocycles. The maximum Gasteiger partial charge on any atom is 0.308 e. The number of likely N-dealkylation sites (tertiary alicyclic amines) is 1. The lowest BCUT2D eigenvalue weighted by Gasteiger charge is -2.42. The first kappa shape index (κ1) is 13.9. The largest absolute Gasteiger partial charge is 0.481 e. The zero-order chi connectivity index (χ0) is 14.4. The summed E-state index contributed by atoms with van der Waals surface area (Å²) in [4.78, 5) is 25.7. The fraction of sp³-hybridized carbons (Fsp3) is 0.875. The maximum atomic E-state index is 12.3. The minimum atomic E-state index is -0.753. The Bertz CT molecular complexity index is 402. The molecule has 3 atom stereocenters. The standard InChI is InChI=1S/C16H25NO3/c1-9-7-14(18)17(10(2)15(9)16(19)20)8-13(11-3-4-11)12-5-6-12/h9-13,15H,3-8H2,1-2H3,(H,19,20). The summed E-state index contributed by atoms with van der Waals surface area (Å²) < 4.78 is 0. The molecule has 1 N–H and O–H groups in total. The van der Waals surface area contributed by atoms with Crippen LogP contribution >= 0.6 is 0 Å². The van der Waals surface area contributed by atoms with Crippen molar-refractivity contribution in [2.75, 3.05) is 6.54 Å². The minimum Gasteiger partial charge on any atom is -0.481 e. The Hall–Kier alpha value is -1.06. The van der Waals surface area contributed by atoms with E-state index in [1.807, 2.05) is 18.7 Å². The number of nitrogens with zero attached hydrogens (tertiary/aromatic N) is 1. The van der Waals surface area contributed by atoms with Crippen LogP contribution < -0.4 is 0 Å². The highest BCUT2D eigenvalue weighted by molar-refractivity contribution is 5.81. The SMILES string of the molecule is CC1CC(=O)N(CC(C2CC2)C2CC2)C(C)C1C(=O)O. The van der Waals surface area contributed by atoms with Crippen molar-refractivity contribution in [3.63, 3.8) is 0 Å². The van der Waals surface area contributed by atoms with Gasteiger partial charge in [-0.15, -0.1) is 0 Å². The van der Waals surface area contributed by atoms with Crippen molar-refractivity contribution >= 4 is 11.9 Å². The van der Waals surface area contributed by atoms with Crippen LogP contribution in [0.3, 0.4) is 0 Å². The molecule has 3 fully saturated rings. The van der Waals surface area contributed by atoms with Crippen molar-refractivity contribution < 1.29 is 14.7 Å². The van der Waals surface area contributed by atoms with Crippen LogP contribution in [0.1, 0.15) is 46.0 Å². The van der Waals surface area contributed by atoms with E-state index in [2.05, 4.69) is 0 Å². The van der Waals surface area contributed by atoms with Gasteiger partial charge in [0, 0.05) is 19.0 Å². The molecule has 20 heavy (non-hydrogen) atoms. The van der Waals surface area contributed by atoms with Gasteiger partial charge in [-0.3, -0.25) is 9.59 Å². The number of amides is 1. The number of rotatable bonds is 5. The first-order chi connectivity index (χ1) is 9.49. The van der Waals surface area contributed by atoms with Crippen LogP contribution in [0.2, 0.25) is 0 Å². The molecule has 3 rings (SSSR count). The highest BCUT2D eigenvalue weighted by Crippen LogP contribution is 2.50. The fourth-order valence-corrected chi connectivity index (χ4v) is 4.09. The van der Waals surface area contributed by atoms with Crippen LogP contribution in [-0.2, 0) is 9.59 Å². The fourth-order valence-electron chi connectivity index (χ4n) is 4.09. The summed E-state index contributed by atoms with van der Waals surface area (Å²) in [7, 11) is 0. The summed E-state index contributed by atoms with van der Waals surface area (Å²) in [6, 6.07) is -0.163. The molecule has 3 unspecified atom stereocenters. The molecule has 2 saturated carbocycles. The molecule has 0 aromatic heterocycles. The average Bonchev–Trinajstić information content (AvgIpc) is 3.22. The highest BCUT2D eigenvalue weighted by Gasteiger charge is 2.47. The summed E-state index contributed by atoms with van der Waals surface area (Å²) >= 11 is 0. The lowest BCUT2D eigenvalue weighted by Crippen LogP contribution is -2.54. The highest BCUT2D eigenvalue weighted by atomic mass is 16.4. The lowest BCUT2D eigenvalue weighted by molar-refractivity contribution is -0.155. The van der Waals surface area contributed by atoms with Crippen molar-refractivity contribution in [3.8, 4) is 0 Å². The van der Waals surface area contributed by atoms with Gasteiger partial charge in [-0.25, -0.2) is 0 Å². The molecule has 4 nitrogen and oxygen atoms in total. The van der Waals surface area contributed by atoms with Crippen molar-refractivity contribution in [2.24, 2.45) is 29.6 Å². The maximum absolute atomic E-state index is 12.3. The Kier molecular flexibility index (Phi) is 3.51. The summed E-state index contributed by atoms with van der Waals surface area (Å²) in [5, 5.41) is 9.42. The zero-order valence-electron chi connectivity index (χ0n) is 12.4. The number of hydrogen-bond donors (Lipinski definition) is 1. The van der Waals surface area contributed by atoms with Crippen molar-refractivity contribution in [2.45, 2.75) is 52.0 Å². The monoisotopic (exact) mass is 279 g/mol. The van der Waals surface area contributed by atoms with Gasteiger partial charge in [-0.1, -0.05) is 6.92 Å². The van der Waals surface area contributed by atoms with Gasteiger partial charge in [0.1, 0.15) is 0 Å². The van der Waals surface area contributed by atoms with Crippen LogP contribution in [0.5, 0.6) is 0 Å². The van der Waals surface area contributed by atoms with Gasteiger partial charge < -0.3 is 10.0 Å². The van der Waals surface area contributed by atoms with E-state index in [0.717, 1.165) is 18.4 Å². The lowest BCUT2D eigenvalue weighted by atomic mass is 9.80. The molecule has 0 bridgehead atoms. The minimum absolute atomic E-state index is 0.0495. The third-order valence-electron chi connectivity index (χ3n) is 5.59. The predicted molar refractivity (Wildman–Crippen MR) is 75.0 cm³/mol. The molecule has 4 heteroatoms. The molecule has 1 amide bonds. The Balaban J connectivity index is 1.72. The molecule has 112 valence electrons. The smallest absolute Gasteiger partial charge is 0.308 e. The van der Waals surface area contributed by atoms with E-state index in [1.165, 1.54) is 25.7 Å². The molecule has 0 spiro atoms. The normalized spacial score (nSPS) is 34.6. The second-order valence-electron chi connectivity index (χ2n) is 7.17. The molecular weight excluding hydrogens is 254 g/mol. The number of carboxylic acids is 1. The first-order valence-electron chi connectivity index (χ1n) is 8.01. The van der Waals surface area contributed by atoms with Crippen LogP contribution in [-0.4, -0.2) is 34.5 Å². The van der Waals surface area contributed by atoms with Crippen molar-refractivity contribution in [1.29, 1.82) is 0 Å². The van der Waals surface area contributed by atoms with Gasteiger partial charge in [0.2, 0.25) is 5.91 Å². The molecule has 0 aromatic rings. The third kappa shape index (κ3) is 2.57.